The third-order valence-corrected chi connectivity index (χ3v) is 5.18. The van der Waals surface area contributed by atoms with Gasteiger partial charge in [-0.15, -0.1) is 0 Å². The first-order valence-electron chi connectivity index (χ1n) is 6.29. The number of aliphatic imine (C=N–C) groups is 2. The fraction of sp³-hybridized carbons (Fsp3) is 0.667. The molecule has 0 spiro atoms. The second-order valence-electron chi connectivity index (χ2n) is 4.14. The van der Waals surface area contributed by atoms with Gasteiger partial charge in [-0.25, -0.2) is 0 Å². The molecule has 0 rings (SSSR count). The Kier molecular flexibility index (Phi) is 15.2. The zero-order chi connectivity index (χ0) is 17.7. The Morgan fingerprint density at radius 3 is 1.32 bits per heavy atom. The molecule has 0 aromatic heterocycles. The summed E-state index contributed by atoms with van der Waals surface area (Å²) >= 11 is 3.56. The summed E-state index contributed by atoms with van der Waals surface area (Å²) in [7, 11) is 7.03. The van der Waals surface area contributed by atoms with Gasteiger partial charge in [0.25, 0.3) is 0 Å². The molecule has 0 heterocycles. The monoisotopic (exact) mass is 546 g/mol. The second-order valence-corrected chi connectivity index (χ2v) is 6.23. The quantitative estimate of drug-likeness (QED) is 0.257. The molecular weight excluding hydrogens is 519 g/mol. The van der Waals surface area contributed by atoms with Crippen molar-refractivity contribution in [2.75, 3.05) is 41.3 Å². The van der Waals surface area contributed by atoms with Gasteiger partial charge in [-0.3, -0.25) is 0 Å². The number of carboxylic acids is 2. The van der Waals surface area contributed by atoms with Crippen molar-refractivity contribution < 1.29 is 19.8 Å². The summed E-state index contributed by atoms with van der Waals surface area (Å²) in [6.45, 7) is 1.03. The molecule has 0 aliphatic heterocycles. The first-order valence-corrected chi connectivity index (χ1v) is 8.62. The van der Waals surface area contributed by atoms with Gasteiger partial charge in [0.1, 0.15) is 0 Å². The van der Waals surface area contributed by atoms with Crippen molar-refractivity contribution >= 4 is 64.3 Å². The Labute approximate surface area is 157 Å². The summed E-state index contributed by atoms with van der Waals surface area (Å²) in [6, 6.07) is 0. The zero-order valence-electron chi connectivity index (χ0n) is 13.1. The van der Waals surface area contributed by atoms with Crippen molar-refractivity contribution in [3.05, 3.63) is 0 Å². The van der Waals surface area contributed by atoms with Crippen LogP contribution in [0.3, 0.4) is 0 Å². The SMILES string of the molecule is CN=C([Te])N(C)CCC(=O)O.CN=C([Te])N(C)CCC(=O)O. The predicted molar refractivity (Wildman–Crippen MR) is 88.0 cm³/mol. The second kappa shape index (κ2) is 14.1. The van der Waals surface area contributed by atoms with Crippen molar-refractivity contribution in [3.8, 4) is 0 Å². The summed E-state index contributed by atoms with van der Waals surface area (Å²) in [5.41, 5.74) is 0. The Morgan fingerprint density at radius 2 is 1.14 bits per heavy atom. The molecule has 2 N–H and O–H groups in total. The average molecular weight is 542 g/mol. The van der Waals surface area contributed by atoms with Crippen molar-refractivity contribution in [2.45, 2.75) is 12.8 Å². The molecule has 126 valence electrons. The van der Waals surface area contributed by atoms with E-state index in [1.54, 1.807) is 58.7 Å². The zero-order valence-corrected chi connectivity index (χ0v) is 17.8. The molecule has 0 atom stereocenters. The van der Waals surface area contributed by atoms with Gasteiger partial charge in [0, 0.05) is 0 Å². The van der Waals surface area contributed by atoms with E-state index in [1.807, 2.05) is 23.9 Å². The van der Waals surface area contributed by atoms with Crippen molar-refractivity contribution in [2.24, 2.45) is 9.98 Å². The fourth-order valence-electron chi connectivity index (χ4n) is 1.06. The molecule has 0 aromatic rings. The minimum atomic E-state index is -0.776. The number of hydrogen-bond acceptors (Lipinski definition) is 4. The van der Waals surface area contributed by atoms with Crippen LogP contribution < -0.4 is 0 Å². The Balaban J connectivity index is 0. The summed E-state index contributed by atoms with van der Waals surface area (Å²) in [6.07, 6.45) is 0.315. The molecule has 0 saturated heterocycles. The molecule has 0 saturated carbocycles. The van der Waals surface area contributed by atoms with Gasteiger partial charge in [0.2, 0.25) is 0 Å². The molecule has 0 aliphatic carbocycles. The maximum absolute atomic E-state index is 10.1. The molecule has 22 heavy (non-hydrogen) atoms. The van der Waals surface area contributed by atoms with Crippen LogP contribution in [0.15, 0.2) is 9.98 Å². The molecule has 0 aliphatic rings. The topological polar surface area (TPSA) is 106 Å². The van der Waals surface area contributed by atoms with Crippen LogP contribution in [0.4, 0.5) is 0 Å². The van der Waals surface area contributed by atoms with E-state index in [1.165, 1.54) is 0 Å². The third-order valence-electron chi connectivity index (χ3n) is 2.36. The van der Waals surface area contributed by atoms with Crippen LogP contribution in [0.2, 0.25) is 0 Å². The van der Waals surface area contributed by atoms with Gasteiger partial charge < -0.3 is 0 Å². The predicted octanol–water partition coefficient (Wildman–Crippen LogP) is -0.906. The van der Waals surface area contributed by atoms with Gasteiger partial charge >= 0.3 is 158 Å². The standard InChI is InChI=1S/2C6H11N2O2Te/c2*1-7-6(11)8(2)4-3-5(9)10/h2*3-4H2,1-2H3,(H,9,10). The van der Waals surface area contributed by atoms with E-state index in [0.717, 1.165) is 7.77 Å². The first kappa shape index (κ1) is 23.7. The number of aliphatic carboxylic acids is 2. The van der Waals surface area contributed by atoms with Crippen LogP contribution in [0.1, 0.15) is 12.8 Å². The Morgan fingerprint density at radius 1 is 0.864 bits per heavy atom. The maximum atomic E-state index is 10.1. The van der Waals surface area contributed by atoms with Gasteiger partial charge in [-0.2, -0.15) is 0 Å². The number of carbonyl (C=O) groups is 2. The van der Waals surface area contributed by atoms with Crippen molar-refractivity contribution in [1.82, 2.24) is 9.80 Å². The van der Waals surface area contributed by atoms with E-state index in [0.29, 0.717) is 13.1 Å². The minimum absolute atomic E-state index is 0.158. The van der Waals surface area contributed by atoms with E-state index in [-0.39, 0.29) is 12.8 Å². The fourth-order valence-corrected chi connectivity index (χ4v) is 1.58. The summed E-state index contributed by atoms with van der Waals surface area (Å²) in [4.78, 5) is 31.8. The van der Waals surface area contributed by atoms with E-state index < -0.39 is 11.9 Å². The molecule has 0 aromatic carbocycles. The Hall–Kier alpha value is -0.541. The average Bonchev–Trinajstić information content (AvgIpc) is 2.48. The van der Waals surface area contributed by atoms with Crippen LogP contribution in [0, 0.1) is 0 Å². The van der Waals surface area contributed by atoms with E-state index in [2.05, 4.69) is 9.98 Å². The molecule has 0 bridgehead atoms. The van der Waals surface area contributed by atoms with Crippen LogP contribution in [-0.2, 0) is 9.59 Å². The summed E-state index contributed by atoms with van der Waals surface area (Å²) in [5, 5.41) is 16.7. The number of carboxylic acid groups (broad SMARTS) is 2. The van der Waals surface area contributed by atoms with Gasteiger partial charge in [0.15, 0.2) is 0 Å². The van der Waals surface area contributed by atoms with Crippen LogP contribution in [0.25, 0.3) is 0 Å². The van der Waals surface area contributed by atoms with Gasteiger partial charge in [0.05, 0.1) is 0 Å². The molecule has 0 fully saturated rings. The van der Waals surface area contributed by atoms with E-state index in [4.69, 9.17) is 10.2 Å². The van der Waals surface area contributed by atoms with E-state index >= 15 is 0 Å². The summed E-state index contributed by atoms with van der Waals surface area (Å²) < 4.78 is 1.73. The van der Waals surface area contributed by atoms with Crippen molar-refractivity contribution in [3.63, 3.8) is 0 Å². The molecule has 2 radical (unpaired) electrons. The van der Waals surface area contributed by atoms with Crippen LogP contribution in [0.5, 0.6) is 0 Å². The summed E-state index contributed by atoms with van der Waals surface area (Å²) in [5.74, 6) is -1.55. The number of rotatable bonds is 6. The van der Waals surface area contributed by atoms with Crippen LogP contribution >= 0.6 is 0 Å². The molecule has 0 unspecified atom stereocenters. The Bertz CT molecular complexity index is 378. The number of amidine groups is 2. The van der Waals surface area contributed by atoms with Crippen molar-refractivity contribution in [1.29, 1.82) is 0 Å². The van der Waals surface area contributed by atoms with E-state index in [9.17, 15) is 9.59 Å². The van der Waals surface area contributed by atoms with Crippen LogP contribution in [-0.4, -0.2) is 126 Å². The number of nitrogens with zero attached hydrogens (tertiary/aromatic N) is 4. The first-order chi connectivity index (χ1) is 10.1. The number of hydrogen-bond donors (Lipinski definition) is 2. The third kappa shape index (κ3) is 14.4. The molecule has 10 heteroatoms. The van der Waals surface area contributed by atoms with Gasteiger partial charge in [-0.05, 0) is 0 Å². The van der Waals surface area contributed by atoms with Gasteiger partial charge in [-0.1, -0.05) is 0 Å². The molecular formula is C12H22N4O4Te2. The molecule has 0 amide bonds. The molecule has 8 nitrogen and oxygen atoms in total. The normalized spacial score (nSPS) is 11.3.